The van der Waals surface area contributed by atoms with Crippen LogP contribution in [0, 0.1) is 6.92 Å². The Labute approximate surface area is 89.4 Å². The molecule has 1 N–H and O–H groups in total. The van der Waals surface area contributed by atoms with Crippen LogP contribution in [0.4, 0.5) is 0 Å². The molecular weight excluding hydrogens is 190 g/mol. The topological polar surface area (TPSA) is 38.3 Å². The zero-order valence-corrected chi connectivity index (χ0v) is 9.04. The Hall–Kier alpha value is -1.51. The van der Waals surface area contributed by atoms with Gasteiger partial charge in [-0.05, 0) is 25.5 Å². The van der Waals surface area contributed by atoms with E-state index in [0.29, 0.717) is 13.0 Å². The van der Waals surface area contributed by atoms with E-state index in [1.807, 2.05) is 26.0 Å². The minimum absolute atomic E-state index is 0.0219. The van der Waals surface area contributed by atoms with Crippen molar-refractivity contribution in [1.82, 2.24) is 5.32 Å². The normalized spacial score (nSPS) is 18.1. The molecule has 0 saturated heterocycles. The minimum atomic E-state index is -0.346. The van der Waals surface area contributed by atoms with Crippen molar-refractivity contribution in [2.45, 2.75) is 26.4 Å². The highest BCUT2D eigenvalue weighted by atomic mass is 16.5. The van der Waals surface area contributed by atoms with Gasteiger partial charge in [0.05, 0.1) is 0 Å². The second-order valence-corrected chi connectivity index (χ2v) is 3.82. The molecule has 0 bridgehead atoms. The first-order valence-electron chi connectivity index (χ1n) is 5.24. The van der Waals surface area contributed by atoms with Crippen LogP contribution in [-0.2, 0) is 11.2 Å². The Bertz CT molecular complexity index is 387. The fourth-order valence-electron chi connectivity index (χ4n) is 1.81. The third kappa shape index (κ3) is 1.96. The number of ether oxygens (including phenoxy) is 1. The summed E-state index contributed by atoms with van der Waals surface area (Å²) < 4.78 is 5.56. The third-order valence-corrected chi connectivity index (χ3v) is 2.53. The Morgan fingerprint density at radius 1 is 1.60 bits per heavy atom. The lowest BCUT2D eigenvalue weighted by Gasteiger charge is -2.09. The van der Waals surface area contributed by atoms with Gasteiger partial charge in [0.2, 0.25) is 0 Å². The molecule has 1 aliphatic rings. The molecule has 0 spiro atoms. The van der Waals surface area contributed by atoms with Crippen LogP contribution in [0.5, 0.6) is 5.75 Å². The van der Waals surface area contributed by atoms with Gasteiger partial charge < -0.3 is 10.1 Å². The van der Waals surface area contributed by atoms with Gasteiger partial charge in [0, 0.05) is 13.0 Å². The van der Waals surface area contributed by atoms with Crippen LogP contribution in [0.15, 0.2) is 18.2 Å². The van der Waals surface area contributed by atoms with Gasteiger partial charge in [0.25, 0.3) is 5.91 Å². The Morgan fingerprint density at radius 2 is 2.40 bits per heavy atom. The molecule has 0 aromatic heterocycles. The molecule has 0 fully saturated rings. The monoisotopic (exact) mass is 205 g/mol. The van der Waals surface area contributed by atoms with Crippen LogP contribution < -0.4 is 10.1 Å². The van der Waals surface area contributed by atoms with Crippen LogP contribution in [0.1, 0.15) is 18.1 Å². The van der Waals surface area contributed by atoms with E-state index in [0.717, 1.165) is 11.3 Å². The van der Waals surface area contributed by atoms with Crippen molar-refractivity contribution in [2.75, 3.05) is 6.54 Å². The molecule has 0 radical (unpaired) electrons. The van der Waals surface area contributed by atoms with Gasteiger partial charge in [-0.25, -0.2) is 0 Å². The average molecular weight is 205 g/mol. The molecule has 0 saturated carbocycles. The van der Waals surface area contributed by atoms with E-state index in [4.69, 9.17) is 4.74 Å². The number of carbonyl (C=O) groups is 1. The highest BCUT2D eigenvalue weighted by Gasteiger charge is 2.28. The minimum Gasteiger partial charge on any atom is -0.480 e. The van der Waals surface area contributed by atoms with E-state index in [2.05, 4.69) is 11.4 Å². The van der Waals surface area contributed by atoms with Gasteiger partial charge in [0.1, 0.15) is 5.75 Å². The second-order valence-electron chi connectivity index (χ2n) is 3.82. The molecule has 1 aromatic rings. The highest BCUT2D eigenvalue weighted by Crippen LogP contribution is 2.29. The first kappa shape index (κ1) is 10.0. The number of hydrogen-bond acceptors (Lipinski definition) is 2. The van der Waals surface area contributed by atoms with Crippen molar-refractivity contribution in [3.8, 4) is 5.75 Å². The van der Waals surface area contributed by atoms with Crippen molar-refractivity contribution in [2.24, 2.45) is 0 Å². The summed E-state index contributed by atoms with van der Waals surface area (Å²) in [5, 5.41) is 2.77. The standard InChI is InChI=1S/C12H15NO2/c1-3-13-12(14)11-7-9-6-8(2)4-5-10(9)15-11/h4-6,11H,3,7H2,1-2H3,(H,13,14). The van der Waals surface area contributed by atoms with E-state index in [-0.39, 0.29) is 12.0 Å². The molecule has 1 heterocycles. The molecule has 15 heavy (non-hydrogen) atoms. The lowest BCUT2D eigenvalue weighted by atomic mass is 10.1. The quantitative estimate of drug-likeness (QED) is 0.793. The summed E-state index contributed by atoms with van der Waals surface area (Å²) in [5.41, 5.74) is 2.33. The SMILES string of the molecule is CCNC(=O)C1Cc2cc(C)ccc2O1. The number of aryl methyl sites for hydroxylation is 1. The maximum Gasteiger partial charge on any atom is 0.261 e. The van der Waals surface area contributed by atoms with E-state index in [9.17, 15) is 4.79 Å². The fourth-order valence-corrected chi connectivity index (χ4v) is 1.81. The lowest BCUT2D eigenvalue weighted by molar-refractivity contribution is -0.127. The zero-order chi connectivity index (χ0) is 10.8. The number of amides is 1. The molecule has 1 aliphatic heterocycles. The fraction of sp³-hybridized carbons (Fsp3) is 0.417. The zero-order valence-electron chi connectivity index (χ0n) is 9.04. The number of rotatable bonds is 2. The van der Waals surface area contributed by atoms with Crippen molar-refractivity contribution in [3.05, 3.63) is 29.3 Å². The molecule has 80 valence electrons. The number of carbonyl (C=O) groups excluding carboxylic acids is 1. The van der Waals surface area contributed by atoms with Crippen LogP contribution in [0.2, 0.25) is 0 Å². The van der Waals surface area contributed by atoms with Crippen molar-refractivity contribution in [1.29, 1.82) is 0 Å². The third-order valence-electron chi connectivity index (χ3n) is 2.53. The molecule has 2 rings (SSSR count). The Morgan fingerprint density at radius 3 is 3.13 bits per heavy atom. The predicted octanol–water partition coefficient (Wildman–Crippen LogP) is 1.43. The van der Waals surface area contributed by atoms with Crippen molar-refractivity contribution >= 4 is 5.91 Å². The molecule has 1 amide bonds. The smallest absolute Gasteiger partial charge is 0.261 e. The predicted molar refractivity (Wildman–Crippen MR) is 58.0 cm³/mol. The Kier molecular flexibility index (Phi) is 2.62. The average Bonchev–Trinajstić information content (AvgIpc) is 2.60. The van der Waals surface area contributed by atoms with E-state index in [1.54, 1.807) is 0 Å². The number of nitrogens with one attached hydrogen (secondary N) is 1. The van der Waals surface area contributed by atoms with Crippen LogP contribution in [0.3, 0.4) is 0 Å². The van der Waals surface area contributed by atoms with Crippen LogP contribution in [0.25, 0.3) is 0 Å². The number of hydrogen-bond donors (Lipinski definition) is 1. The van der Waals surface area contributed by atoms with Gasteiger partial charge in [0.15, 0.2) is 6.10 Å². The summed E-state index contributed by atoms with van der Waals surface area (Å²) in [6.07, 6.45) is 0.338. The molecular formula is C12H15NO2. The summed E-state index contributed by atoms with van der Waals surface area (Å²) >= 11 is 0. The van der Waals surface area contributed by atoms with E-state index >= 15 is 0 Å². The summed E-state index contributed by atoms with van der Waals surface area (Å²) in [5.74, 6) is 0.822. The number of likely N-dealkylation sites (N-methyl/N-ethyl adjacent to an activating group) is 1. The highest BCUT2D eigenvalue weighted by molar-refractivity contribution is 5.82. The van der Waals surface area contributed by atoms with Gasteiger partial charge >= 0.3 is 0 Å². The van der Waals surface area contributed by atoms with Gasteiger partial charge in [-0.3, -0.25) is 4.79 Å². The second kappa shape index (κ2) is 3.93. The van der Waals surface area contributed by atoms with Crippen molar-refractivity contribution < 1.29 is 9.53 Å². The van der Waals surface area contributed by atoms with Gasteiger partial charge in [-0.1, -0.05) is 17.7 Å². The molecule has 1 atom stereocenters. The summed E-state index contributed by atoms with van der Waals surface area (Å²) in [7, 11) is 0. The summed E-state index contributed by atoms with van der Waals surface area (Å²) in [6.45, 7) is 4.60. The van der Waals surface area contributed by atoms with E-state index in [1.165, 1.54) is 5.56 Å². The van der Waals surface area contributed by atoms with Gasteiger partial charge in [-0.2, -0.15) is 0 Å². The molecule has 0 aliphatic carbocycles. The van der Waals surface area contributed by atoms with Crippen LogP contribution >= 0.6 is 0 Å². The lowest BCUT2D eigenvalue weighted by Crippen LogP contribution is -2.37. The first-order valence-corrected chi connectivity index (χ1v) is 5.24. The first-order chi connectivity index (χ1) is 7.20. The number of benzene rings is 1. The van der Waals surface area contributed by atoms with Gasteiger partial charge in [-0.15, -0.1) is 0 Å². The number of fused-ring (bicyclic) bond motifs is 1. The molecule has 3 heteroatoms. The maximum atomic E-state index is 11.6. The molecule has 1 aromatic carbocycles. The Balaban J connectivity index is 2.12. The van der Waals surface area contributed by atoms with Crippen molar-refractivity contribution in [3.63, 3.8) is 0 Å². The summed E-state index contributed by atoms with van der Waals surface area (Å²) in [6, 6.07) is 6.01. The summed E-state index contributed by atoms with van der Waals surface area (Å²) in [4.78, 5) is 11.6. The van der Waals surface area contributed by atoms with E-state index < -0.39 is 0 Å². The molecule has 1 unspecified atom stereocenters. The molecule has 3 nitrogen and oxygen atoms in total. The maximum absolute atomic E-state index is 11.6. The largest absolute Gasteiger partial charge is 0.480 e. The van der Waals surface area contributed by atoms with Crippen LogP contribution in [-0.4, -0.2) is 18.6 Å².